The van der Waals surface area contributed by atoms with E-state index in [0.717, 1.165) is 36.6 Å². The first kappa shape index (κ1) is 9.49. The molecule has 1 N–H and O–H groups in total. The summed E-state index contributed by atoms with van der Waals surface area (Å²) >= 11 is 2.13. The van der Waals surface area contributed by atoms with Crippen LogP contribution < -0.4 is 0 Å². The van der Waals surface area contributed by atoms with Gasteiger partial charge in [-0.3, -0.25) is 0 Å². The first-order valence-electron chi connectivity index (χ1n) is 5.72. The fraction of sp³-hybridized carbons (Fsp3) is 1.00. The van der Waals surface area contributed by atoms with E-state index in [4.69, 9.17) is 4.74 Å². The van der Waals surface area contributed by atoms with Crippen molar-refractivity contribution in [2.75, 3.05) is 13.2 Å². The van der Waals surface area contributed by atoms with Crippen LogP contribution >= 0.6 is 11.8 Å². The third-order valence-corrected chi connectivity index (χ3v) is 5.57. The molecule has 2 nitrogen and oxygen atoms in total. The Morgan fingerprint density at radius 1 is 1.14 bits per heavy atom. The second-order valence-electron chi connectivity index (χ2n) is 5.06. The highest BCUT2D eigenvalue weighted by atomic mass is 32.2. The third kappa shape index (κ3) is 1.50. The van der Waals surface area contributed by atoms with Gasteiger partial charge in [-0.2, -0.15) is 11.8 Å². The van der Waals surface area contributed by atoms with Crippen molar-refractivity contribution in [2.45, 2.75) is 48.2 Å². The van der Waals surface area contributed by atoms with Crippen molar-refractivity contribution in [3.05, 3.63) is 0 Å². The van der Waals surface area contributed by atoms with Gasteiger partial charge in [0.05, 0.1) is 18.8 Å². The number of hydrogen-bond acceptors (Lipinski definition) is 3. The molecule has 2 unspecified atom stereocenters. The van der Waals surface area contributed by atoms with Gasteiger partial charge in [-0.15, -0.1) is 0 Å². The van der Waals surface area contributed by atoms with Crippen LogP contribution in [0, 0.1) is 5.92 Å². The van der Waals surface area contributed by atoms with Crippen molar-refractivity contribution in [3.8, 4) is 0 Å². The third-order valence-electron chi connectivity index (χ3n) is 4.00. The SMILES string of the molecule is OC1(C2COC2)CC2CCCC(C1)S2. The predicted octanol–water partition coefficient (Wildman–Crippen LogP) is 1.81. The highest BCUT2D eigenvalue weighted by Gasteiger charge is 2.48. The summed E-state index contributed by atoms with van der Waals surface area (Å²) in [6, 6.07) is 0. The van der Waals surface area contributed by atoms with Gasteiger partial charge in [0.2, 0.25) is 0 Å². The van der Waals surface area contributed by atoms with E-state index in [1.54, 1.807) is 0 Å². The monoisotopic (exact) mass is 214 g/mol. The van der Waals surface area contributed by atoms with Gasteiger partial charge in [-0.25, -0.2) is 0 Å². The summed E-state index contributed by atoms with van der Waals surface area (Å²) in [4.78, 5) is 0. The molecule has 3 heteroatoms. The number of hydrogen-bond donors (Lipinski definition) is 1. The quantitative estimate of drug-likeness (QED) is 0.722. The van der Waals surface area contributed by atoms with E-state index in [9.17, 15) is 5.11 Å². The number of fused-ring (bicyclic) bond motifs is 2. The second-order valence-corrected chi connectivity index (χ2v) is 6.66. The molecule has 2 atom stereocenters. The minimum absolute atomic E-state index is 0.376. The van der Waals surface area contributed by atoms with Crippen molar-refractivity contribution in [2.24, 2.45) is 5.92 Å². The fourth-order valence-electron chi connectivity index (χ4n) is 3.03. The lowest BCUT2D eigenvalue weighted by Crippen LogP contribution is -2.54. The average molecular weight is 214 g/mol. The molecule has 0 aromatic carbocycles. The van der Waals surface area contributed by atoms with E-state index < -0.39 is 0 Å². The molecule has 0 amide bonds. The van der Waals surface area contributed by atoms with Gasteiger partial charge in [0, 0.05) is 16.4 Å². The van der Waals surface area contributed by atoms with Crippen molar-refractivity contribution in [3.63, 3.8) is 0 Å². The Morgan fingerprint density at radius 3 is 2.29 bits per heavy atom. The molecule has 14 heavy (non-hydrogen) atoms. The first-order chi connectivity index (χ1) is 6.76. The molecule has 0 aromatic rings. The normalized spacial score (nSPS) is 48.6. The summed E-state index contributed by atoms with van der Waals surface area (Å²) in [6.45, 7) is 1.58. The van der Waals surface area contributed by atoms with E-state index in [1.165, 1.54) is 19.3 Å². The summed E-state index contributed by atoms with van der Waals surface area (Å²) in [5.74, 6) is 0.437. The minimum atomic E-state index is -0.376. The Morgan fingerprint density at radius 2 is 1.79 bits per heavy atom. The maximum Gasteiger partial charge on any atom is 0.0741 e. The van der Waals surface area contributed by atoms with Gasteiger partial charge < -0.3 is 9.84 Å². The zero-order valence-corrected chi connectivity index (χ0v) is 9.26. The maximum atomic E-state index is 10.6. The molecule has 0 radical (unpaired) electrons. The van der Waals surface area contributed by atoms with E-state index in [2.05, 4.69) is 11.8 Å². The zero-order chi connectivity index (χ0) is 9.60. The number of thioether (sulfide) groups is 1. The predicted molar refractivity (Wildman–Crippen MR) is 57.5 cm³/mol. The number of rotatable bonds is 1. The molecule has 3 rings (SSSR count). The Kier molecular flexibility index (Phi) is 2.30. The molecular formula is C11H18O2S. The highest BCUT2D eigenvalue weighted by Crippen LogP contribution is 2.49. The van der Waals surface area contributed by atoms with Gasteiger partial charge in [0.25, 0.3) is 0 Å². The Labute approximate surface area is 89.4 Å². The van der Waals surface area contributed by atoms with E-state index >= 15 is 0 Å². The lowest BCUT2D eigenvalue weighted by Gasteiger charge is -2.49. The van der Waals surface area contributed by atoms with Crippen molar-refractivity contribution >= 4 is 11.8 Å². The summed E-state index contributed by atoms with van der Waals surface area (Å²) in [5, 5.41) is 12.1. The topological polar surface area (TPSA) is 29.5 Å². The lowest BCUT2D eigenvalue weighted by molar-refractivity contribution is -0.155. The van der Waals surface area contributed by atoms with Crippen LogP contribution in [-0.4, -0.2) is 34.4 Å². The summed E-state index contributed by atoms with van der Waals surface area (Å²) in [7, 11) is 0. The summed E-state index contributed by atoms with van der Waals surface area (Å²) in [5.41, 5.74) is -0.376. The van der Waals surface area contributed by atoms with Gasteiger partial charge in [-0.1, -0.05) is 6.42 Å². The maximum absolute atomic E-state index is 10.6. The molecule has 3 fully saturated rings. The van der Waals surface area contributed by atoms with Crippen LogP contribution in [-0.2, 0) is 4.74 Å². The van der Waals surface area contributed by atoms with Crippen LogP contribution in [0.3, 0.4) is 0 Å². The summed E-state index contributed by atoms with van der Waals surface area (Å²) < 4.78 is 5.21. The van der Waals surface area contributed by atoms with Crippen molar-refractivity contribution in [1.29, 1.82) is 0 Å². The van der Waals surface area contributed by atoms with Crippen LogP contribution in [0.5, 0.6) is 0 Å². The van der Waals surface area contributed by atoms with Gasteiger partial charge in [0.1, 0.15) is 0 Å². The van der Waals surface area contributed by atoms with E-state index in [-0.39, 0.29) is 5.60 Å². The van der Waals surface area contributed by atoms with E-state index in [0.29, 0.717) is 5.92 Å². The van der Waals surface area contributed by atoms with E-state index in [1.807, 2.05) is 0 Å². The molecule has 3 aliphatic rings. The van der Waals surface area contributed by atoms with Crippen molar-refractivity contribution in [1.82, 2.24) is 0 Å². The molecule has 80 valence electrons. The molecule has 0 saturated carbocycles. The largest absolute Gasteiger partial charge is 0.389 e. The lowest BCUT2D eigenvalue weighted by atomic mass is 9.76. The highest BCUT2D eigenvalue weighted by molar-refractivity contribution is 8.00. The average Bonchev–Trinajstić information content (AvgIpc) is 1.97. The minimum Gasteiger partial charge on any atom is -0.389 e. The van der Waals surface area contributed by atoms with Gasteiger partial charge in [0.15, 0.2) is 0 Å². The molecule has 3 saturated heterocycles. The summed E-state index contributed by atoms with van der Waals surface area (Å²) in [6.07, 6.45) is 6.04. The van der Waals surface area contributed by atoms with Crippen LogP contribution in [0.25, 0.3) is 0 Å². The Balaban J connectivity index is 1.74. The van der Waals surface area contributed by atoms with Gasteiger partial charge in [-0.05, 0) is 25.7 Å². The molecular weight excluding hydrogens is 196 g/mol. The van der Waals surface area contributed by atoms with Crippen LogP contribution in [0.15, 0.2) is 0 Å². The van der Waals surface area contributed by atoms with Crippen LogP contribution in [0.4, 0.5) is 0 Å². The zero-order valence-electron chi connectivity index (χ0n) is 8.45. The molecule has 3 aliphatic heterocycles. The smallest absolute Gasteiger partial charge is 0.0741 e. The van der Waals surface area contributed by atoms with Crippen LogP contribution in [0.1, 0.15) is 32.1 Å². The first-order valence-corrected chi connectivity index (χ1v) is 6.66. The molecule has 0 aliphatic carbocycles. The molecule has 0 spiro atoms. The number of aliphatic hydroxyl groups is 1. The standard InChI is InChI=1S/C11H18O2S/c12-11(8-6-13-7-8)4-9-2-1-3-10(5-11)14-9/h8-10,12H,1-7H2. The molecule has 3 heterocycles. The Bertz CT molecular complexity index is 215. The second kappa shape index (κ2) is 3.39. The number of ether oxygens (including phenoxy) is 1. The Hall–Kier alpha value is 0.270. The van der Waals surface area contributed by atoms with Gasteiger partial charge >= 0.3 is 0 Å². The fourth-order valence-corrected chi connectivity index (χ4v) is 4.95. The molecule has 0 aromatic heterocycles. The van der Waals surface area contributed by atoms with Crippen molar-refractivity contribution < 1.29 is 9.84 Å². The molecule has 2 bridgehead atoms. The van der Waals surface area contributed by atoms with Crippen LogP contribution in [0.2, 0.25) is 0 Å².